The molecule has 1 saturated heterocycles. The molecule has 1 aliphatic heterocycles. The number of nitrogens with two attached hydrogens (primary N) is 1. The highest BCUT2D eigenvalue weighted by Gasteiger charge is 2.26. The fourth-order valence-electron chi connectivity index (χ4n) is 3.32. The van der Waals surface area contributed by atoms with Gasteiger partial charge in [-0.3, -0.25) is 4.79 Å². The molecule has 0 aromatic heterocycles. The van der Waals surface area contributed by atoms with Crippen LogP contribution in [-0.4, -0.2) is 36.5 Å². The fraction of sp³-hybridized carbons (Fsp3) is 0.381. The van der Waals surface area contributed by atoms with Gasteiger partial charge in [-0.1, -0.05) is 48.0 Å². The van der Waals surface area contributed by atoms with Gasteiger partial charge in [0.05, 0.1) is 5.02 Å². The van der Waals surface area contributed by atoms with Gasteiger partial charge in [0.15, 0.2) is 6.61 Å². The van der Waals surface area contributed by atoms with E-state index in [4.69, 9.17) is 22.1 Å². The summed E-state index contributed by atoms with van der Waals surface area (Å²) in [5, 5.41) is 0.506. The molecule has 1 amide bonds. The summed E-state index contributed by atoms with van der Waals surface area (Å²) in [6, 6.07) is 15.7. The van der Waals surface area contributed by atoms with Gasteiger partial charge in [-0.2, -0.15) is 0 Å². The Balaban J connectivity index is 1.60. The van der Waals surface area contributed by atoms with Gasteiger partial charge in [0.2, 0.25) is 0 Å². The number of hydrogen-bond donors (Lipinski definition) is 1. The number of amides is 1. The number of rotatable bonds is 5. The zero-order chi connectivity index (χ0) is 18.5. The smallest absolute Gasteiger partial charge is 0.260 e. The van der Waals surface area contributed by atoms with Crippen LogP contribution in [0.2, 0.25) is 5.02 Å². The molecule has 2 atom stereocenters. The number of halogens is 1. The van der Waals surface area contributed by atoms with E-state index in [0.29, 0.717) is 23.2 Å². The molecule has 0 aliphatic carbocycles. The lowest BCUT2D eigenvalue weighted by Crippen LogP contribution is -2.46. The number of carbonyl (C=O) groups excluding carboxylic acids is 1. The summed E-state index contributed by atoms with van der Waals surface area (Å²) in [5.74, 6) is 0.875. The van der Waals surface area contributed by atoms with E-state index < -0.39 is 0 Å². The van der Waals surface area contributed by atoms with E-state index in [2.05, 4.69) is 0 Å². The minimum atomic E-state index is -0.0152. The zero-order valence-electron chi connectivity index (χ0n) is 15.0. The second-order valence-corrected chi connectivity index (χ2v) is 7.31. The number of ether oxygens (including phenoxy) is 1. The highest BCUT2D eigenvalue weighted by molar-refractivity contribution is 6.32. The molecule has 0 spiro atoms. The molecule has 4 nitrogen and oxygen atoms in total. The summed E-state index contributed by atoms with van der Waals surface area (Å²) in [4.78, 5) is 14.3. The number of hydrogen-bond acceptors (Lipinski definition) is 3. The van der Waals surface area contributed by atoms with Crippen molar-refractivity contribution in [2.24, 2.45) is 11.7 Å². The molecule has 2 aromatic carbocycles. The highest BCUT2D eigenvalue weighted by atomic mass is 35.5. The summed E-state index contributed by atoms with van der Waals surface area (Å²) in [5.41, 5.74) is 8.10. The van der Waals surface area contributed by atoms with Gasteiger partial charge in [0, 0.05) is 19.1 Å². The first-order valence-corrected chi connectivity index (χ1v) is 9.43. The third kappa shape index (κ3) is 4.57. The van der Waals surface area contributed by atoms with Gasteiger partial charge >= 0.3 is 0 Å². The molecule has 0 radical (unpaired) electrons. The quantitative estimate of drug-likeness (QED) is 0.863. The van der Waals surface area contributed by atoms with Crippen LogP contribution in [0.3, 0.4) is 0 Å². The molecule has 1 heterocycles. The third-order valence-corrected chi connectivity index (χ3v) is 5.24. The van der Waals surface area contributed by atoms with Crippen molar-refractivity contribution in [3.05, 3.63) is 53.6 Å². The predicted molar refractivity (Wildman–Crippen MR) is 105 cm³/mol. The first-order chi connectivity index (χ1) is 12.5. The average Bonchev–Trinajstić information content (AvgIpc) is 2.67. The molecule has 1 aliphatic rings. The Morgan fingerprint density at radius 1 is 1.27 bits per heavy atom. The first-order valence-electron chi connectivity index (χ1n) is 9.05. The number of nitrogens with zero attached hydrogens (tertiary/aromatic N) is 1. The Morgan fingerprint density at radius 2 is 2.04 bits per heavy atom. The topological polar surface area (TPSA) is 55.6 Å². The van der Waals surface area contributed by atoms with Crippen LogP contribution in [0.4, 0.5) is 0 Å². The second kappa shape index (κ2) is 8.56. The Labute approximate surface area is 159 Å². The highest BCUT2D eigenvalue weighted by Crippen LogP contribution is 2.30. The van der Waals surface area contributed by atoms with Crippen molar-refractivity contribution in [1.29, 1.82) is 0 Å². The molecule has 3 rings (SSSR count). The van der Waals surface area contributed by atoms with Crippen molar-refractivity contribution >= 4 is 17.5 Å². The minimum absolute atomic E-state index is 0.00389. The molecular formula is C21H25ClN2O2. The number of likely N-dealkylation sites (tertiary alicyclic amines) is 1. The van der Waals surface area contributed by atoms with E-state index in [0.717, 1.165) is 30.5 Å². The van der Waals surface area contributed by atoms with E-state index in [1.807, 2.05) is 60.4 Å². The molecule has 138 valence electrons. The monoisotopic (exact) mass is 372 g/mol. The molecule has 0 saturated carbocycles. The lowest BCUT2D eigenvalue weighted by molar-refractivity contribution is -0.135. The summed E-state index contributed by atoms with van der Waals surface area (Å²) in [6.07, 6.45) is 2.07. The van der Waals surface area contributed by atoms with Gasteiger partial charge in [-0.05, 0) is 48.9 Å². The Kier molecular flexibility index (Phi) is 6.17. The molecule has 2 unspecified atom stereocenters. The zero-order valence-corrected chi connectivity index (χ0v) is 15.8. The maximum atomic E-state index is 12.5. The van der Waals surface area contributed by atoms with E-state index in [9.17, 15) is 4.79 Å². The number of piperidine rings is 1. The van der Waals surface area contributed by atoms with Crippen LogP contribution in [-0.2, 0) is 4.79 Å². The minimum Gasteiger partial charge on any atom is -0.482 e. The third-order valence-electron chi connectivity index (χ3n) is 4.94. The van der Waals surface area contributed by atoms with Gasteiger partial charge < -0.3 is 15.4 Å². The Hall–Kier alpha value is -2.04. The number of benzene rings is 2. The van der Waals surface area contributed by atoms with Crippen molar-refractivity contribution in [2.75, 3.05) is 19.7 Å². The first kappa shape index (κ1) is 18.7. The van der Waals surface area contributed by atoms with E-state index in [-0.39, 0.29) is 18.6 Å². The van der Waals surface area contributed by atoms with E-state index in [1.54, 1.807) is 0 Å². The van der Waals surface area contributed by atoms with Crippen LogP contribution < -0.4 is 10.5 Å². The Morgan fingerprint density at radius 3 is 2.73 bits per heavy atom. The standard InChI is InChI=1S/C21H25ClN2O2/c1-15(23)18-8-5-11-24(13-18)21(25)14-26-20-10-9-17(12-19(20)22)16-6-3-2-4-7-16/h2-4,6-7,9-10,12,15,18H,5,8,11,13-14,23H2,1H3. The largest absolute Gasteiger partial charge is 0.482 e. The average molecular weight is 373 g/mol. The SMILES string of the molecule is CC(N)C1CCCN(C(=O)COc2ccc(-c3ccccc3)cc2Cl)C1. The van der Waals surface area contributed by atoms with Crippen molar-refractivity contribution in [3.63, 3.8) is 0 Å². The molecule has 2 N–H and O–H groups in total. The van der Waals surface area contributed by atoms with Crippen LogP contribution in [0.25, 0.3) is 11.1 Å². The van der Waals surface area contributed by atoms with Crippen LogP contribution in [0.15, 0.2) is 48.5 Å². The molecular weight excluding hydrogens is 348 g/mol. The van der Waals surface area contributed by atoms with E-state index >= 15 is 0 Å². The molecule has 0 bridgehead atoms. The normalized spacial score (nSPS) is 18.4. The van der Waals surface area contributed by atoms with Crippen molar-refractivity contribution < 1.29 is 9.53 Å². The maximum absolute atomic E-state index is 12.5. The van der Waals surface area contributed by atoms with Crippen LogP contribution in [0.5, 0.6) is 5.75 Å². The fourth-order valence-corrected chi connectivity index (χ4v) is 3.56. The molecule has 5 heteroatoms. The predicted octanol–water partition coefficient (Wildman–Crippen LogP) is 3.97. The van der Waals surface area contributed by atoms with Gasteiger partial charge in [-0.25, -0.2) is 0 Å². The summed E-state index contributed by atoms with van der Waals surface area (Å²) < 4.78 is 5.68. The van der Waals surface area contributed by atoms with Crippen molar-refractivity contribution in [1.82, 2.24) is 4.90 Å². The van der Waals surface area contributed by atoms with Gasteiger partial charge in [0.1, 0.15) is 5.75 Å². The number of carbonyl (C=O) groups is 1. The van der Waals surface area contributed by atoms with Gasteiger partial charge in [-0.15, -0.1) is 0 Å². The summed E-state index contributed by atoms with van der Waals surface area (Å²) in [6.45, 7) is 3.48. The Bertz CT molecular complexity index is 749. The molecule has 1 fully saturated rings. The van der Waals surface area contributed by atoms with Gasteiger partial charge in [0.25, 0.3) is 5.91 Å². The molecule has 2 aromatic rings. The van der Waals surface area contributed by atoms with Crippen molar-refractivity contribution in [2.45, 2.75) is 25.8 Å². The van der Waals surface area contributed by atoms with E-state index in [1.165, 1.54) is 0 Å². The van der Waals surface area contributed by atoms with Crippen LogP contribution >= 0.6 is 11.6 Å². The maximum Gasteiger partial charge on any atom is 0.260 e. The van der Waals surface area contributed by atoms with Crippen molar-refractivity contribution in [3.8, 4) is 16.9 Å². The summed E-state index contributed by atoms with van der Waals surface area (Å²) >= 11 is 6.35. The lowest BCUT2D eigenvalue weighted by atomic mass is 9.92. The lowest BCUT2D eigenvalue weighted by Gasteiger charge is -2.34. The van der Waals surface area contributed by atoms with Crippen LogP contribution in [0, 0.1) is 5.92 Å². The summed E-state index contributed by atoms with van der Waals surface area (Å²) in [7, 11) is 0. The second-order valence-electron chi connectivity index (χ2n) is 6.90. The van der Waals surface area contributed by atoms with Crippen LogP contribution in [0.1, 0.15) is 19.8 Å². The molecule has 26 heavy (non-hydrogen) atoms.